The number of carbonyl (C=O) groups excluding carboxylic acids is 1. The number of hydrogen-bond donors (Lipinski definition) is 1. The van der Waals surface area contributed by atoms with Gasteiger partial charge in [0.2, 0.25) is 0 Å². The summed E-state index contributed by atoms with van der Waals surface area (Å²) in [5, 5.41) is 2.72. The van der Waals surface area contributed by atoms with E-state index in [9.17, 15) is 4.79 Å². The largest absolute Gasteiger partial charge is 0.343 e. The van der Waals surface area contributed by atoms with Crippen LogP contribution in [0.2, 0.25) is 0 Å². The van der Waals surface area contributed by atoms with Gasteiger partial charge < -0.3 is 5.32 Å². The van der Waals surface area contributed by atoms with Crippen LogP contribution in [0.5, 0.6) is 0 Å². The lowest BCUT2D eigenvalue weighted by Gasteiger charge is -2.11. The minimum atomic E-state index is 0.0670. The minimum Gasteiger partial charge on any atom is -0.343 e. The summed E-state index contributed by atoms with van der Waals surface area (Å²) in [7, 11) is 0. The normalized spacial score (nSPS) is 20.5. The Morgan fingerprint density at radius 2 is 2.50 bits per heavy atom. The number of carbonyl (C=O) groups is 1. The van der Waals surface area contributed by atoms with E-state index in [4.69, 9.17) is 0 Å². The van der Waals surface area contributed by atoms with Gasteiger partial charge in [-0.3, -0.25) is 4.79 Å². The molecular formula is C5H7NOS. The number of nitrogens with one attached hydrogen (secondary N) is 1. The molecule has 0 bridgehead atoms. The Kier molecular flexibility index (Phi) is 1.58. The first-order valence-corrected chi connectivity index (χ1v) is 3.35. The van der Waals surface area contributed by atoms with Crippen molar-refractivity contribution < 1.29 is 4.79 Å². The molecule has 2 nitrogen and oxygen atoms in total. The van der Waals surface area contributed by atoms with Crippen LogP contribution in [-0.2, 0) is 0 Å². The van der Waals surface area contributed by atoms with Crippen LogP contribution in [0.4, 0.5) is 4.79 Å². The average molecular weight is 129 g/mol. The minimum absolute atomic E-state index is 0.0670. The zero-order valence-electron chi connectivity index (χ0n) is 4.44. The molecule has 1 N–H and O–H groups in total. The number of rotatable bonds is 0. The zero-order chi connectivity index (χ0) is 5.98. The molecule has 0 spiro atoms. The van der Waals surface area contributed by atoms with Crippen molar-refractivity contribution in [3.8, 4) is 0 Å². The van der Waals surface area contributed by atoms with Crippen molar-refractivity contribution in [3.05, 3.63) is 12.2 Å². The maximum Gasteiger partial charge on any atom is 0.279 e. The number of thioether (sulfide) groups is 1. The standard InChI is InChI=1S/C5H7NOS/c1-4-2-6-5(7)8-3-4/h1-3H2,(H,6,7). The van der Waals surface area contributed by atoms with Crippen LogP contribution in [0, 0.1) is 0 Å². The van der Waals surface area contributed by atoms with Crippen LogP contribution in [0.1, 0.15) is 0 Å². The van der Waals surface area contributed by atoms with Crippen molar-refractivity contribution in [3.63, 3.8) is 0 Å². The maximum atomic E-state index is 10.4. The summed E-state index contributed by atoms with van der Waals surface area (Å²) >= 11 is 1.28. The van der Waals surface area contributed by atoms with Crippen molar-refractivity contribution in [1.82, 2.24) is 5.32 Å². The van der Waals surface area contributed by atoms with Crippen LogP contribution in [0.15, 0.2) is 12.2 Å². The first kappa shape index (κ1) is 5.69. The van der Waals surface area contributed by atoms with Gasteiger partial charge in [-0.15, -0.1) is 0 Å². The summed E-state index contributed by atoms with van der Waals surface area (Å²) in [6.07, 6.45) is 0. The molecule has 1 rings (SSSR count). The molecule has 44 valence electrons. The lowest BCUT2D eigenvalue weighted by Crippen LogP contribution is -2.26. The highest BCUT2D eigenvalue weighted by Crippen LogP contribution is 2.10. The summed E-state index contributed by atoms with van der Waals surface area (Å²) < 4.78 is 0. The van der Waals surface area contributed by atoms with Gasteiger partial charge in [-0.05, 0) is 5.57 Å². The first-order chi connectivity index (χ1) is 3.79. The predicted molar refractivity (Wildman–Crippen MR) is 35.0 cm³/mol. The molecular weight excluding hydrogens is 122 g/mol. The van der Waals surface area contributed by atoms with Gasteiger partial charge >= 0.3 is 0 Å². The summed E-state index contributed by atoms with van der Waals surface area (Å²) in [5.74, 6) is 0.784. The van der Waals surface area contributed by atoms with E-state index < -0.39 is 0 Å². The van der Waals surface area contributed by atoms with Gasteiger partial charge in [0, 0.05) is 12.3 Å². The van der Waals surface area contributed by atoms with Gasteiger partial charge in [-0.1, -0.05) is 18.3 Å². The van der Waals surface area contributed by atoms with Crippen molar-refractivity contribution in [2.45, 2.75) is 0 Å². The van der Waals surface area contributed by atoms with E-state index in [0.717, 1.165) is 11.3 Å². The third-order valence-electron chi connectivity index (χ3n) is 0.890. The Hall–Kier alpha value is -0.440. The van der Waals surface area contributed by atoms with E-state index >= 15 is 0 Å². The van der Waals surface area contributed by atoms with Crippen LogP contribution in [0.25, 0.3) is 0 Å². The summed E-state index contributed by atoms with van der Waals surface area (Å²) in [5.41, 5.74) is 1.09. The second kappa shape index (κ2) is 2.22. The van der Waals surface area contributed by atoms with Gasteiger partial charge in [0.25, 0.3) is 5.24 Å². The van der Waals surface area contributed by atoms with Crippen molar-refractivity contribution in [2.75, 3.05) is 12.3 Å². The van der Waals surface area contributed by atoms with E-state index in [-0.39, 0.29) is 5.24 Å². The third-order valence-corrected chi connectivity index (χ3v) is 1.85. The van der Waals surface area contributed by atoms with Crippen molar-refractivity contribution in [2.24, 2.45) is 0 Å². The number of amides is 1. The highest BCUT2D eigenvalue weighted by Gasteiger charge is 2.08. The second-order valence-electron chi connectivity index (χ2n) is 1.68. The maximum absolute atomic E-state index is 10.4. The molecule has 8 heavy (non-hydrogen) atoms. The highest BCUT2D eigenvalue weighted by molar-refractivity contribution is 8.13. The molecule has 1 fully saturated rings. The third kappa shape index (κ3) is 1.26. The molecule has 0 aromatic carbocycles. The first-order valence-electron chi connectivity index (χ1n) is 2.36. The second-order valence-corrected chi connectivity index (χ2v) is 2.63. The molecule has 3 heteroatoms. The number of hydrogen-bond acceptors (Lipinski definition) is 2. The van der Waals surface area contributed by atoms with Gasteiger partial charge in [-0.25, -0.2) is 0 Å². The monoisotopic (exact) mass is 129 g/mol. The Balaban J connectivity index is 2.40. The van der Waals surface area contributed by atoms with Crippen molar-refractivity contribution >= 4 is 17.0 Å². The lowest BCUT2D eigenvalue weighted by atomic mass is 10.3. The van der Waals surface area contributed by atoms with E-state index in [1.54, 1.807) is 0 Å². The van der Waals surface area contributed by atoms with E-state index in [1.165, 1.54) is 11.8 Å². The Morgan fingerprint density at radius 1 is 1.75 bits per heavy atom. The van der Waals surface area contributed by atoms with Crippen LogP contribution >= 0.6 is 11.8 Å². The molecule has 0 aliphatic carbocycles. The molecule has 0 unspecified atom stereocenters. The quantitative estimate of drug-likeness (QED) is 0.494. The van der Waals surface area contributed by atoms with Crippen LogP contribution < -0.4 is 5.32 Å². The molecule has 1 amide bonds. The molecule has 1 aliphatic heterocycles. The van der Waals surface area contributed by atoms with Gasteiger partial charge in [0.05, 0.1) is 0 Å². The average Bonchev–Trinajstić information content (AvgIpc) is 1.77. The van der Waals surface area contributed by atoms with Crippen LogP contribution in [-0.4, -0.2) is 17.5 Å². The Labute approximate surface area is 52.3 Å². The molecule has 1 heterocycles. The fourth-order valence-electron chi connectivity index (χ4n) is 0.467. The highest BCUT2D eigenvalue weighted by atomic mass is 32.2. The molecule has 1 aliphatic rings. The molecule has 0 aromatic rings. The van der Waals surface area contributed by atoms with E-state index in [2.05, 4.69) is 11.9 Å². The topological polar surface area (TPSA) is 29.1 Å². The Bertz CT molecular complexity index is 104. The summed E-state index contributed by atoms with van der Waals surface area (Å²) in [4.78, 5) is 10.4. The summed E-state index contributed by atoms with van der Waals surface area (Å²) in [6, 6.07) is 0. The van der Waals surface area contributed by atoms with Crippen molar-refractivity contribution in [1.29, 1.82) is 0 Å². The zero-order valence-corrected chi connectivity index (χ0v) is 5.25. The molecule has 0 radical (unpaired) electrons. The summed E-state index contributed by atoms with van der Waals surface area (Å²) in [6.45, 7) is 4.37. The molecule has 1 saturated heterocycles. The van der Waals surface area contributed by atoms with Gasteiger partial charge in [-0.2, -0.15) is 0 Å². The van der Waals surface area contributed by atoms with E-state index in [0.29, 0.717) is 6.54 Å². The van der Waals surface area contributed by atoms with Crippen LogP contribution in [0.3, 0.4) is 0 Å². The fourth-order valence-corrected chi connectivity index (χ4v) is 1.08. The van der Waals surface area contributed by atoms with Gasteiger partial charge in [0.1, 0.15) is 0 Å². The lowest BCUT2D eigenvalue weighted by molar-refractivity contribution is 0.261. The molecule has 0 aromatic heterocycles. The molecule has 0 atom stereocenters. The predicted octanol–water partition coefficient (Wildman–Crippen LogP) is 0.999. The SMILES string of the molecule is C=C1CNC(=O)SC1. The van der Waals surface area contributed by atoms with E-state index in [1.807, 2.05) is 0 Å². The molecule has 0 saturated carbocycles. The smallest absolute Gasteiger partial charge is 0.279 e. The fraction of sp³-hybridized carbons (Fsp3) is 0.400. The Morgan fingerprint density at radius 3 is 2.88 bits per heavy atom. The van der Waals surface area contributed by atoms with Gasteiger partial charge in [0.15, 0.2) is 0 Å².